The highest BCUT2D eigenvalue weighted by Gasteiger charge is 2.73. The first-order valence-electron chi connectivity index (χ1n) is 8.69. The highest BCUT2D eigenvalue weighted by atomic mass is 19.4. The molecule has 0 aliphatic rings. The highest BCUT2D eigenvalue weighted by Crippen LogP contribution is 2.53. The number of rotatable bonds is 8. The second kappa shape index (κ2) is 8.94. The number of hydrogen-bond acceptors (Lipinski definition) is 3. The Bertz CT molecular complexity index is 770. The fourth-order valence-electron chi connectivity index (χ4n) is 2.67. The van der Waals surface area contributed by atoms with E-state index in [1.165, 1.54) is 37.4 Å². The van der Waals surface area contributed by atoms with E-state index in [0.29, 0.717) is 18.2 Å². The van der Waals surface area contributed by atoms with Crippen LogP contribution in [-0.2, 0) is 16.9 Å². The van der Waals surface area contributed by atoms with E-state index >= 15 is 0 Å². The Morgan fingerprint density at radius 1 is 0.828 bits per heavy atom. The van der Waals surface area contributed by atoms with E-state index in [1.807, 2.05) is 0 Å². The number of halogens is 6. The summed E-state index contributed by atoms with van der Waals surface area (Å²) in [7, 11) is 1.39. The Balaban J connectivity index is 2.48. The summed E-state index contributed by atoms with van der Waals surface area (Å²) in [6, 6.07) is 9.30. The molecule has 3 nitrogen and oxygen atoms in total. The van der Waals surface area contributed by atoms with Crippen LogP contribution in [0.3, 0.4) is 0 Å². The van der Waals surface area contributed by atoms with Gasteiger partial charge in [-0.05, 0) is 36.2 Å². The maximum Gasteiger partial charge on any atom is 0.430 e. The quantitative estimate of drug-likeness (QED) is 0.487. The molecular formula is C20H20F6O3. The number of ether oxygens (including phenoxy) is 3. The van der Waals surface area contributed by atoms with Crippen molar-refractivity contribution < 1.29 is 40.6 Å². The molecule has 0 saturated heterocycles. The van der Waals surface area contributed by atoms with Crippen LogP contribution in [0, 0.1) is 0 Å². The third kappa shape index (κ3) is 4.95. The molecule has 29 heavy (non-hydrogen) atoms. The molecule has 0 saturated carbocycles. The van der Waals surface area contributed by atoms with Gasteiger partial charge in [-0.2, -0.15) is 26.3 Å². The zero-order valence-corrected chi connectivity index (χ0v) is 15.7. The summed E-state index contributed by atoms with van der Waals surface area (Å²) in [5.74, 6) is 0.308. The standard InChI is InChI=1S/C20H20F6O3/c1-3-11-28-17-6-4-5-15(12-17)18(19(21,22)23,20(24,25)26)29-13-14-7-9-16(27-2)10-8-14/h4-10,12H,3,11,13H2,1-2H3. The van der Waals surface area contributed by atoms with Gasteiger partial charge in [0.15, 0.2) is 0 Å². The van der Waals surface area contributed by atoms with Crippen LogP contribution in [-0.4, -0.2) is 26.1 Å². The summed E-state index contributed by atoms with van der Waals surface area (Å²) in [5, 5.41) is 0. The molecule has 0 bridgehead atoms. The van der Waals surface area contributed by atoms with E-state index in [1.54, 1.807) is 6.92 Å². The largest absolute Gasteiger partial charge is 0.497 e. The third-order valence-electron chi connectivity index (χ3n) is 4.13. The number of hydrogen-bond donors (Lipinski definition) is 0. The van der Waals surface area contributed by atoms with Crippen molar-refractivity contribution in [2.24, 2.45) is 0 Å². The summed E-state index contributed by atoms with van der Waals surface area (Å²) in [4.78, 5) is 0. The van der Waals surface area contributed by atoms with Crippen molar-refractivity contribution in [1.82, 2.24) is 0 Å². The molecule has 0 atom stereocenters. The Labute approximate surface area is 164 Å². The van der Waals surface area contributed by atoms with E-state index in [9.17, 15) is 26.3 Å². The lowest BCUT2D eigenvalue weighted by Crippen LogP contribution is -2.55. The molecular weight excluding hydrogens is 402 g/mol. The van der Waals surface area contributed by atoms with Gasteiger partial charge in [0, 0.05) is 5.56 Å². The molecule has 9 heteroatoms. The second-order valence-corrected chi connectivity index (χ2v) is 6.19. The molecule has 0 heterocycles. The summed E-state index contributed by atoms with van der Waals surface area (Å²) >= 11 is 0. The van der Waals surface area contributed by atoms with Crippen LogP contribution in [0.5, 0.6) is 11.5 Å². The van der Waals surface area contributed by atoms with Crippen molar-refractivity contribution in [3.63, 3.8) is 0 Å². The number of methoxy groups -OCH3 is 1. The summed E-state index contributed by atoms with van der Waals surface area (Å²) in [5.41, 5.74) is -5.48. The Morgan fingerprint density at radius 2 is 1.45 bits per heavy atom. The van der Waals surface area contributed by atoms with Gasteiger partial charge in [-0.3, -0.25) is 0 Å². The van der Waals surface area contributed by atoms with Gasteiger partial charge in [0.1, 0.15) is 11.5 Å². The summed E-state index contributed by atoms with van der Waals surface area (Å²) in [6.45, 7) is 1.00. The van der Waals surface area contributed by atoms with Crippen molar-refractivity contribution in [2.45, 2.75) is 37.9 Å². The lowest BCUT2D eigenvalue weighted by atomic mass is 9.91. The van der Waals surface area contributed by atoms with Gasteiger partial charge in [-0.25, -0.2) is 0 Å². The lowest BCUT2D eigenvalue weighted by Gasteiger charge is -2.37. The van der Waals surface area contributed by atoms with Gasteiger partial charge in [0.2, 0.25) is 0 Å². The number of alkyl halides is 6. The van der Waals surface area contributed by atoms with Crippen LogP contribution in [0.25, 0.3) is 0 Å². The first-order valence-corrected chi connectivity index (χ1v) is 8.69. The van der Waals surface area contributed by atoms with Crippen molar-refractivity contribution in [3.05, 3.63) is 59.7 Å². The molecule has 160 valence electrons. The third-order valence-corrected chi connectivity index (χ3v) is 4.13. The molecule has 2 aromatic rings. The minimum atomic E-state index is -5.76. The average Bonchev–Trinajstić information content (AvgIpc) is 2.65. The fourth-order valence-corrected chi connectivity index (χ4v) is 2.67. The van der Waals surface area contributed by atoms with Gasteiger partial charge >= 0.3 is 12.4 Å². The molecule has 0 fully saturated rings. The van der Waals surface area contributed by atoms with Crippen LogP contribution >= 0.6 is 0 Å². The summed E-state index contributed by atoms with van der Waals surface area (Å²) < 4.78 is 97.9. The molecule has 0 aliphatic heterocycles. The summed E-state index contributed by atoms with van der Waals surface area (Å²) in [6.07, 6.45) is -11.0. The predicted molar refractivity (Wildman–Crippen MR) is 93.8 cm³/mol. The molecule has 0 radical (unpaired) electrons. The Morgan fingerprint density at radius 3 is 1.97 bits per heavy atom. The Kier molecular flexibility index (Phi) is 7.05. The minimum Gasteiger partial charge on any atom is -0.497 e. The normalized spacial score (nSPS) is 12.7. The maximum atomic E-state index is 13.9. The molecule has 2 rings (SSSR count). The topological polar surface area (TPSA) is 27.7 Å². The van der Waals surface area contributed by atoms with Gasteiger partial charge in [-0.1, -0.05) is 31.2 Å². The van der Waals surface area contributed by atoms with Crippen LogP contribution in [0.15, 0.2) is 48.5 Å². The van der Waals surface area contributed by atoms with Gasteiger partial charge in [0.05, 0.1) is 20.3 Å². The van der Waals surface area contributed by atoms with Crippen LogP contribution in [0.2, 0.25) is 0 Å². The van der Waals surface area contributed by atoms with Gasteiger partial charge in [0.25, 0.3) is 5.60 Å². The van der Waals surface area contributed by atoms with Crippen LogP contribution in [0.1, 0.15) is 24.5 Å². The van der Waals surface area contributed by atoms with E-state index in [2.05, 4.69) is 4.74 Å². The fraction of sp³-hybridized carbons (Fsp3) is 0.400. The highest BCUT2D eigenvalue weighted by molar-refractivity contribution is 5.35. The SMILES string of the molecule is CCCOc1cccc(C(OCc2ccc(OC)cc2)(C(F)(F)F)C(F)(F)F)c1. The molecule has 2 aromatic carbocycles. The monoisotopic (exact) mass is 422 g/mol. The van der Waals surface area contributed by atoms with Crippen LogP contribution in [0.4, 0.5) is 26.3 Å². The van der Waals surface area contributed by atoms with E-state index in [0.717, 1.165) is 12.1 Å². The van der Waals surface area contributed by atoms with Gasteiger partial charge in [-0.15, -0.1) is 0 Å². The van der Waals surface area contributed by atoms with E-state index in [-0.39, 0.29) is 17.9 Å². The predicted octanol–water partition coefficient (Wildman–Crippen LogP) is 6.02. The number of benzene rings is 2. The van der Waals surface area contributed by atoms with Gasteiger partial charge < -0.3 is 14.2 Å². The molecule has 0 unspecified atom stereocenters. The van der Waals surface area contributed by atoms with Crippen molar-refractivity contribution >= 4 is 0 Å². The van der Waals surface area contributed by atoms with E-state index < -0.39 is 30.1 Å². The lowest BCUT2D eigenvalue weighted by molar-refractivity contribution is -0.392. The Hall–Kier alpha value is -2.42. The average molecular weight is 422 g/mol. The van der Waals surface area contributed by atoms with Crippen LogP contribution < -0.4 is 9.47 Å². The molecule has 0 aromatic heterocycles. The molecule has 0 amide bonds. The van der Waals surface area contributed by atoms with E-state index in [4.69, 9.17) is 9.47 Å². The molecule has 0 spiro atoms. The first kappa shape index (κ1) is 22.9. The van der Waals surface area contributed by atoms with Crippen molar-refractivity contribution in [3.8, 4) is 11.5 Å². The maximum absolute atomic E-state index is 13.9. The molecule has 0 aliphatic carbocycles. The zero-order chi connectivity index (χ0) is 21.7. The smallest absolute Gasteiger partial charge is 0.430 e. The first-order chi connectivity index (χ1) is 13.5. The second-order valence-electron chi connectivity index (χ2n) is 6.19. The van der Waals surface area contributed by atoms with Crippen molar-refractivity contribution in [2.75, 3.05) is 13.7 Å². The van der Waals surface area contributed by atoms with Crippen molar-refractivity contribution in [1.29, 1.82) is 0 Å². The zero-order valence-electron chi connectivity index (χ0n) is 15.7. The molecule has 0 N–H and O–H groups in total. The minimum absolute atomic E-state index is 0.102.